The molecule has 1 aromatic rings. The number of aliphatic hydroxyl groups excluding tert-OH is 1. The third-order valence-electron chi connectivity index (χ3n) is 2.42. The van der Waals surface area contributed by atoms with E-state index in [0.717, 1.165) is 5.56 Å². The highest BCUT2D eigenvalue weighted by Crippen LogP contribution is 2.07. The number of anilines is 1. The first-order valence-corrected chi connectivity index (χ1v) is 5.79. The van der Waals surface area contributed by atoms with Gasteiger partial charge in [0, 0.05) is 11.7 Å². The van der Waals surface area contributed by atoms with Crippen molar-refractivity contribution in [2.24, 2.45) is 0 Å². The van der Waals surface area contributed by atoms with E-state index in [0.29, 0.717) is 18.5 Å². The summed E-state index contributed by atoms with van der Waals surface area (Å²) in [5.74, 6) is -0.0521. The number of aliphatic hydroxyl groups is 1. The molecule has 2 unspecified atom stereocenters. The second-order valence-corrected chi connectivity index (χ2v) is 4.48. The molecule has 0 radical (unpaired) electrons. The molecule has 1 aromatic carbocycles. The molecule has 4 N–H and O–H groups in total. The number of nitrogens with one attached hydrogen (secondary N) is 1. The summed E-state index contributed by atoms with van der Waals surface area (Å²) < 4.78 is 0. The molecule has 2 atom stereocenters. The third kappa shape index (κ3) is 5.36. The second kappa shape index (κ2) is 6.25. The van der Waals surface area contributed by atoms with Gasteiger partial charge in [0.2, 0.25) is 5.91 Å². The van der Waals surface area contributed by atoms with E-state index in [1.165, 1.54) is 0 Å². The van der Waals surface area contributed by atoms with Crippen molar-refractivity contribution >= 4 is 11.6 Å². The van der Waals surface area contributed by atoms with Crippen LogP contribution in [0.1, 0.15) is 25.8 Å². The van der Waals surface area contributed by atoms with Crippen LogP contribution in [0.3, 0.4) is 0 Å². The Morgan fingerprint density at radius 2 is 2.18 bits per heavy atom. The number of amides is 1. The topological polar surface area (TPSA) is 75.3 Å². The molecule has 0 aliphatic heterocycles. The second-order valence-electron chi connectivity index (χ2n) is 4.48. The maximum Gasteiger partial charge on any atom is 0.224 e. The van der Waals surface area contributed by atoms with Crippen LogP contribution in [0.5, 0.6) is 0 Å². The summed E-state index contributed by atoms with van der Waals surface area (Å²) in [5.41, 5.74) is 7.19. The SMILES string of the molecule is CC(O)CC(C)NC(=O)Cc1cccc(N)c1. The molecule has 17 heavy (non-hydrogen) atoms. The fourth-order valence-corrected chi connectivity index (χ4v) is 1.78. The maximum atomic E-state index is 11.7. The number of hydrogen-bond donors (Lipinski definition) is 3. The highest BCUT2D eigenvalue weighted by molar-refractivity contribution is 5.79. The quantitative estimate of drug-likeness (QED) is 0.670. The standard InChI is InChI=1S/C13H20N2O2/c1-9(6-10(2)16)15-13(17)8-11-4-3-5-12(14)7-11/h3-5,7,9-10,16H,6,8,14H2,1-2H3,(H,15,17). The van der Waals surface area contributed by atoms with Crippen molar-refractivity contribution in [2.45, 2.75) is 38.8 Å². The van der Waals surface area contributed by atoms with Crippen LogP contribution in [-0.4, -0.2) is 23.2 Å². The molecule has 0 bridgehead atoms. The van der Waals surface area contributed by atoms with E-state index in [2.05, 4.69) is 5.32 Å². The molecule has 94 valence electrons. The molecule has 0 aliphatic carbocycles. The molecule has 0 spiro atoms. The van der Waals surface area contributed by atoms with Gasteiger partial charge < -0.3 is 16.2 Å². The van der Waals surface area contributed by atoms with Gasteiger partial charge in [0.25, 0.3) is 0 Å². The van der Waals surface area contributed by atoms with E-state index >= 15 is 0 Å². The van der Waals surface area contributed by atoms with Crippen molar-refractivity contribution in [1.29, 1.82) is 0 Å². The van der Waals surface area contributed by atoms with Crippen LogP contribution >= 0.6 is 0 Å². The number of nitrogen functional groups attached to an aromatic ring is 1. The first kappa shape index (κ1) is 13.5. The maximum absolute atomic E-state index is 11.7. The fraction of sp³-hybridized carbons (Fsp3) is 0.462. The lowest BCUT2D eigenvalue weighted by Gasteiger charge is -2.15. The van der Waals surface area contributed by atoms with Crippen LogP contribution in [-0.2, 0) is 11.2 Å². The minimum atomic E-state index is -0.405. The summed E-state index contributed by atoms with van der Waals surface area (Å²) >= 11 is 0. The molecule has 0 aliphatic rings. The lowest BCUT2D eigenvalue weighted by Crippen LogP contribution is -2.35. The van der Waals surface area contributed by atoms with Gasteiger partial charge in [-0.25, -0.2) is 0 Å². The summed E-state index contributed by atoms with van der Waals surface area (Å²) in [7, 11) is 0. The predicted molar refractivity (Wildman–Crippen MR) is 68.5 cm³/mol. The third-order valence-corrected chi connectivity index (χ3v) is 2.42. The van der Waals surface area contributed by atoms with E-state index in [4.69, 9.17) is 5.73 Å². The minimum absolute atomic E-state index is 0.0245. The van der Waals surface area contributed by atoms with Gasteiger partial charge in [-0.3, -0.25) is 4.79 Å². The molecular weight excluding hydrogens is 216 g/mol. The van der Waals surface area contributed by atoms with Gasteiger partial charge in [-0.15, -0.1) is 0 Å². The van der Waals surface area contributed by atoms with E-state index in [9.17, 15) is 9.90 Å². The summed E-state index contributed by atoms with van der Waals surface area (Å²) in [6, 6.07) is 7.26. The molecule has 0 heterocycles. The van der Waals surface area contributed by atoms with Crippen LogP contribution in [0, 0.1) is 0 Å². The molecule has 1 rings (SSSR count). The van der Waals surface area contributed by atoms with Crippen molar-refractivity contribution in [3.8, 4) is 0 Å². The summed E-state index contributed by atoms with van der Waals surface area (Å²) in [4.78, 5) is 11.7. The lowest BCUT2D eigenvalue weighted by molar-refractivity contribution is -0.121. The zero-order valence-electron chi connectivity index (χ0n) is 10.3. The van der Waals surface area contributed by atoms with E-state index < -0.39 is 6.10 Å². The molecule has 0 saturated heterocycles. The molecule has 0 fully saturated rings. The normalized spacial score (nSPS) is 14.1. The monoisotopic (exact) mass is 236 g/mol. The van der Waals surface area contributed by atoms with Gasteiger partial charge in [-0.2, -0.15) is 0 Å². The van der Waals surface area contributed by atoms with Crippen molar-refractivity contribution < 1.29 is 9.90 Å². The first-order valence-electron chi connectivity index (χ1n) is 5.79. The molecular formula is C13H20N2O2. The van der Waals surface area contributed by atoms with Crippen LogP contribution in [0.2, 0.25) is 0 Å². The van der Waals surface area contributed by atoms with E-state index in [-0.39, 0.29) is 11.9 Å². The van der Waals surface area contributed by atoms with Gasteiger partial charge in [0.15, 0.2) is 0 Å². The summed E-state index contributed by atoms with van der Waals surface area (Å²) in [6.07, 6.45) is 0.468. The van der Waals surface area contributed by atoms with E-state index in [1.807, 2.05) is 19.1 Å². The smallest absolute Gasteiger partial charge is 0.224 e. The highest BCUT2D eigenvalue weighted by Gasteiger charge is 2.10. The number of carbonyl (C=O) groups is 1. The number of benzene rings is 1. The van der Waals surface area contributed by atoms with Crippen molar-refractivity contribution in [3.05, 3.63) is 29.8 Å². The predicted octanol–water partition coefficient (Wildman–Crippen LogP) is 1.09. The molecule has 4 heteroatoms. The Kier molecular flexibility index (Phi) is 4.97. The van der Waals surface area contributed by atoms with Crippen LogP contribution in [0.15, 0.2) is 24.3 Å². The average molecular weight is 236 g/mol. The highest BCUT2D eigenvalue weighted by atomic mass is 16.3. The van der Waals surface area contributed by atoms with Crippen LogP contribution < -0.4 is 11.1 Å². The minimum Gasteiger partial charge on any atom is -0.399 e. The van der Waals surface area contributed by atoms with Crippen molar-refractivity contribution in [2.75, 3.05) is 5.73 Å². The average Bonchev–Trinajstić information content (AvgIpc) is 2.14. The lowest BCUT2D eigenvalue weighted by atomic mass is 10.1. The molecule has 0 saturated carbocycles. The molecule has 1 amide bonds. The Bertz CT molecular complexity index is 377. The molecule has 0 aromatic heterocycles. The van der Waals surface area contributed by atoms with Crippen LogP contribution in [0.4, 0.5) is 5.69 Å². The number of hydrogen-bond acceptors (Lipinski definition) is 3. The van der Waals surface area contributed by atoms with Crippen LogP contribution in [0.25, 0.3) is 0 Å². The van der Waals surface area contributed by atoms with E-state index in [1.54, 1.807) is 19.1 Å². The number of nitrogens with two attached hydrogens (primary N) is 1. The first-order chi connectivity index (χ1) is 7.97. The Morgan fingerprint density at radius 3 is 2.76 bits per heavy atom. The summed E-state index contributed by atoms with van der Waals surface area (Å²) in [5, 5.41) is 12.0. The zero-order valence-corrected chi connectivity index (χ0v) is 10.3. The van der Waals surface area contributed by atoms with Gasteiger partial charge in [0.1, 0.15) is 0 Å². The van der Waals surface area contributed by atoms with Gasteiger partial charge in [-0.1, -0.05) is 12.1 Å². The van der Waals surface area contributed by atoms with Crippen molar-refractivity contribution in [3.63, 3.8) is 0 Å². The number of carbonyl (C=O) groups excluding carboxylic acids is 1. The molecule has 4 nitrogen and oxygen atoms in total. The fourth-order valence-electron chi connectivity index (χ4n) is 1.78. The largest absolute Gasteiger partial charge is 0.399 e. The zero-order chi connectivity index (χ0) is 12.8. The van der Waals surface area contributed by atoms with Gasteiger partial charge in [-0.05, 0) is 38.0 Å². The van der Waals surface area contributed by atoms with Crippen molar-refractivity contribution in [1.82, 2.24) is 5.32 Å². The Hall–Kier alpha value is -1.55. The Morgan fingerprint density at radius 1 is 1.47 bits per heavy atom. The van der Waals surface area contributed by atoms with Gasteiger partial charge >= 0.3 is 0 Å². The summed E-state index contributed by atoms with van der Waals surface area (Å²) in [6.45, 7) is 3.59. The number of rotatable bonds is 5. The Labute approximate surface area is 102 Å². The van der Waals surface area contributed by atoms with Gasteiger partial charge in [0.05, 0.1) is 12.5 Å². The Balaban J connectivity index is 2.44.